The summed E-state index contributed by atoms with van der Waals surface area (Å²) in [6.45, 7) is 3.87. The third-order valence-electron chi connectivity index (χ3n) is 6.19. The van der Waals surface area contributed by atoms with Gasteiger partial charge in [-0.3, -0.25) is 14.5 Å². The van der Waals surface area contributed by atoms with E-state index in [1.165, 1.54) is 12.0 Å². The molecule has 1 unspecified atom stereocenters. The van der Waals surface area contributed by atoms with Crippen molar-refractivity contribution in [2.75, 3.05) is 12.0 Å². The zero-order valence-corrected chi connectivity index (χ0v) is 20.2. The predicted octanol–water partition coefficient (Wildman–Crippen LogP) is 5.59. The van der Waals surface area contributed by atoms with Crippen LogP contribution in [0.25, 0.3) is 16.7 Å². The number of nitrogens with zero attached hydrogens (tertiary/aromatic N) is 1. The maximum Gasteiger partial charge on any atom is 0.300 e. The number of H-pyrrole nitrogens is 1. The first-order chi connectivity index (χ1) is 17.4. The Hall–Kier alpha value is -4.52. The molecule has 0 bridgehead atoms. The maximum absolute atomic E-state index is 13.4. The Bertz CT molecular complexity index is 1480. The molecule has 36 heavy (non-hydrogen) atoms. The molecule has 7 nitrogen and oxygen atoms in total. The first-order valence-corrected chi connectivity index (χ1v) is 11.7. The summed E-state index contributed by atoms with van der Waals surface area (Å²) in [6.07, 6.45) is 1.65. The Morgan fingerprint density at radius 1 is 0.972 bits per heavy atom. The van der Waals surface area contributed by atoms with Crippen LogP contribution in [0.2, 0.25) is 0 Å². The number of Topliss-reactive ketones (excluding diaryl/α,β-unsaturated/α-hetero) is 1. The summed E-state index contributed by atoms with van der Waals surface area (Å²) >= 11 is 0. The van der Waals surface area contributed by atoms with Crippen LogP contribution in [0.1, 0.15) is 31.0 Å². The molecule has 7 heteroatoms. The molecule has 1 aromatic heterocycles. The zero-order valence-electron chi connectivity index (χ0n) is 20.2. The number of methoxy groups -OCH3 is 1. The van der Waals surface area contributed by atoms with Crippen LogP contribution in [0, 0.1) is 0 Å². The number of carbonyl (C=O) groups is 2. The van der Waals surface area contributed by atoms with E-state index in [0.717, 1.165) is 10.9 Å². The quantitative estimate of drug-likeness (QED) is 0.212. The molecular formula is C29H26N2O5. The van der Waals surface area contributed by atoms with Crippen molar-refractivity contribution in [3.05, 3.63) is 95.7 Å². The molecule has 0 radical (unpaired) electrons. The molecule has 1 fully saturated rings. The van der Waals surface area contributed by atoms with Crippen LogP contribution < -0.4 is 14.4 Å². The molecule has 5 rings (SSSR count). The topological polar surface area (TPSA) is 91.9 Å². The number of carbonyl (C=O) groups excluding carboxylic acids is 2. The van der Waals surface area contributed by atoms with Crippen molar-refractivity contribution < 1.29 is 24.2 Å². The standard InChI is InChI=1S/C29H26N2O5/c1-17(2)36-20-13-11-18(12-14-20)26-25(27(32)23-16-30-24-10-5-4-9-22(23)24)28(33)29(34)31(26)19-7-6-8-21(15-19)35-3/h4-17,26,30,32H,1-3H3/b27-25-. The molecule has 3 aromatic carbocycles. The number of ether oxygens (including phenoxy) is 2. The Morgan fingerprint density at radius 2 is 1.72 bits per heavy atom. The molecule has 1 atom stereocenters. The summed E-state index contributed by atoms with van der Waals surface area (Å²) in [6, 6.07) is 20.8. The van der Waals surface area contributed by atoms with Crippen LogP contribution in [0.4, 0.5) is 5.69 Å². The second-order valence-corrected chi connectivity index (χ2v) is 8.85. The minimum atomic E-state index is -0.848. The SMILES string of the molecule is COc1cccc(N2C(=O)C(=O)/C(=C(\O)c3c[nH]c4ccccc34)C2c2ccc(OC(C)C)cc2)c1. The zero-order chi connectivity index (χ0) is 25.4. The minimum Gasteiger partial charge on any atom is -0.507 e. The van der Waals surface area contributed by atoms with Crippen LogP contribution >= 0.6 is 0 Å². The maximum atomic E-state index is 13.4. The average Bonchev–Trinajstić information content (AvgIpc) is 3.43. The largest absolute Gasteiger partial charge is 0.507 e. The number of aliphatic hydroxyl groups excluding tert-OH is 1. The van der Waals surface area contributed by atoms with Crippen molar-refractivity contribution >= 4 is 34.0 Å². The molecule has 2 N–H and O–H groups in total. The van der Waals surface area contributed by atoms with Gasteiger partial charge < -0.3 is 19.6 Å². The number of nitrogens with one attached hydrogen (secondary N) is 1. The Labute approximate surface area is 208 Å². The lowest BCUT2D eigenvalue weighted by molar-refractivity contribution is -0.132. The van der Waals surface area contributed by atoms with Crippen molar-refractivity contribution in [2.24, 2.45) is 0 Å². The van der Waals surface area contributed by atoms with Gasteiger partial charge in [-0.25, -0.2) is 0 Å². The number of aromatic amines is 1. The number of amides is 1. The van der Waals surface area contributed by atoms with Gasteiger partial charge in [-0.2, -0.15) is 0 Å². The summed E-state index contributed by atoms with van der Waals surface area (Å²) in [7, 11) is 1.54. The van der Waals surface area contributed by atoms with Crippen molar-refractivity contribution in [3.63, 3.8) is 0 Å². The number of aromatic nitrogens is 1. The summed E-state index contributed by atoms with van der Waals surface area (Å²) in [5.41, 5.74) is 2.44. The Morgan fingerprint density at radius 3 is 2.44 bits per heavy atom. The second-order valence-electron chi connectivity index (χ2n) is 8.85. The number of para-hydroxylation sites is 1. The highest BCUT2D eigenvalue weighted by Crippen LogP contribution is 2.43. The van der Waals surface area contributed by atoms with Gasteiger partial charge in [-0.15, -0.1) is 0 Å². The molecule has 0 aliphatic carbocycles. The average molecular weight is 483 g/mol. The van der Waals surface area contributed by atoms with Gasteiger partial charge >= 0.3 is 0 Å². The van der Waals surface area contributed by atoms with Crippen LogP contribution in [0.3, 0.4) is 0 Å². The number of anilines is 1. The summed E-state index contributed by atoms with van der Waals surface area (Å²) in [5, 5.41) is 12.2. The van der Waals surface area contributed by atoms with Gasteiger partial charge in [0.15, 0.2) is 0 Å². The van der Waals surface area contributed by atoms with Crippen LogP contribution in [0.5, 0.6) is 11.5 Å². The van der Waals surface area contributed by atoms with E-state index in [4.69, 9.17) is 9.47 Å². The van der Waals surface area contributed by atoms with E-state index < -0.39 is 17.7 Å². The normalized spacial score (nSPS) is 17.2. The van der Waals surface area contributed by atoms with Gasteiger partial charge in [0.25, 0.3) is 11.7 Å². The molecule has 1 aliphatic rings. The summed E-state index contributed by atoms with van der Waals surface area (Å²) in [5.74, 6) is -0.497. The molecule has 182 valence electrons. The molecule has 0 spiro atoms. The lowest BCUT2D eigenvalue weighted by atomic mass is 9.95. The fourth-order valence-corrected chi connectivity index (χ4v) is 4.59. The fourth-order valence-electron chi connectivity index (χ4n) is 4.59. The number of rotatable bonds is 6. The van der Waals surface area contributed by atoms with E-state index in [0.29, 0.717) is 28.3 Å². The number of fused-ring (bicyclic) bond motifs is 1. The number of hydrogen-bond acceptors (Lipinski definition) is 5. The highest BCUT2D eigenvalue weighted by Gasteiger charge is 2.47. The third-order valence-corrected chi connectivity index (χ3v) is 6.19. The highest BCUT2D eigenvalue weighted by atomic mass is 16.5. The van der Waals surface area contributed by atoms with E-state index in [9.17, 15) is 14.7 Å². The van der Waals surface area contributed by atoms with E-state index in [-0.39, 0.29) is 17.4 Å². The van der Waals surface area contributed by atoms with E-state index in [1.807, 2.05) is 50.2 Å². The molecule has 1 amide bonds. The van der Waals surface area contributed by atoms with E-state index >= 15 is 0 Å². The van der Waals surface area contributed by atoms with Crippen molar-refractivity contribution in [2.45, 2.75) is 26.0 Å². The molecule has 0 saturated carbocycles. The van der Waals surface area contributed by atoms with Gasteiger partial charge in [-0.05, 0) is 49.7 Å². The van der Waals surface area contributed by atoms with Crippen molar-refractivity contribution in [1.29, 1.82) is 0 Å². The van der Waals surface area contributed by atoms with E-state index in [2.05, 4.69) is 4.98 Å². The Balaban J connectivity index is 1.70. The predicted molar refractivity (Wildman–Crippen MR) is 138 cm³/mol. The van der Waals surface area contributed by atoms with Crippen LogP contribution in [0.15, 0.2) is 84.6 Å². The number of benzene rings is 3. The van der Waals surface area contributed by atoms with Gasteiger partial charge in [-0.1, -0.05) is 36.4 Å². The van der Waals surface area contributed by atoms with Crippen molar-refractivity contribution in [1.82, 2.24) is 4.98 Å². The highest BCUT2D eigenvalue weighted by molar-refractivity contribution is 6.51. The smallest absolute Gasteiger partial charge is 0.300 e. The number of hydrogen-bond donors (Lipinski definition) is 2. The van der Waals surface area contributed by atoms with Gasteiger partial charge in [0.05, 0.1) is 24.8 Å². The van der Waals surface area contributed by atoms with E-state index in [1.54, 1.807) is 42.6 Å². The lowest BCUT2D eigenvalue weighted by Crippen LogP contribution is -2.29. The molecule has 4 aromatic rings. The number of aliphatic hydroxyl groups is 1. The van der Waals surface area contributed by atoms with Crippen LogP contribution in [-0.2, 0) is 9.59 Å². The summed E-state index contributed by atoms with van der Waals surface area (Å²) < 4.78 is 11.1. The Kier molecular flexibility index (Phi) is 5.98. The third kappa shape index (κ3) is 3.98. The lowest BCUT2D eigenvalue weighted by Gasteiger charge is -2.26. The first kappa shape index (κ1) is 23.2. The first-order valence-electron chi connectivity index (χ1n) is 11.7. The van der Waals surface area contributed by atoms with Gasteiger partial charge in [0.2, 0.25) is 0 Å². The number of ketones is 1. The summed E-state index contributed by atoms with van der Waals surface area (Å²) in [4.78, 5) is 31.4. The van der Waals surface area contributed by atoms with Gasteiger partial charge in [0.1, 0.15) is 17.3 Å². The second kappa shape index (κ2) is 9.26. The molecule has 2 heterocycles. The fraction of sp³-hybridized carbons (Fsp3) is 0.172. The molecular weight excluding hydrogens is 456 g/mol. The van der Waals surface area contributed by atoms with Crippen molar-refractivity contribution in [3.8, 4) is 11.5 Å². The minimum absolute atomic E-state index is 0.000131. The molecule has 1 saturated heterocycles. The van der Waals surface area contributed by atoms with Gasteiger partial charge in [0, 0.05) is 34.4 Å². The molecule has 1 aliphatic heterocycles. The monoisotopic (exact) mass is 482 g/mol. The van der Waals surface area contributed by atoms with Crippen LogP contribution in [-0.4, -0.2) is 35.0 Å².